The third-order valence-electron chi connectivity index (χ3n) is 6.27. The molecule has 0 aliphatic carbocycles. The molecule has 0 aliphatic rings. The lowest BCUT2D eigenvalue weighted by atomic mass is 9.85. The summed E-state index contributed by atoms with van der Waals surface area (Å²) in [4.78, 5) is 4.68. The lowest BCUT2D eigenvalue weighted by Crippen LogP contribution is -2.45. The first-order valence-corrected chi connectivity index (χ1v) is 11.7. The molecule has 3 aromatic carbocycles. The molecule has 176 valence electrons. The lowest BCUT2D eigenvalue weighted by molar-refractivity contribution is -0.904. The number of imidazole rings is 1. The van der Waals surface area contributed by atoms with Crippen LogP contribution in [0.2, 0.25) is 0 Å². The zero-order valence-corrected chi connectivity index (χ0v) is 20.2. The summed E-state index contributed by atoms with van der Waals surface area (Å²) in [5.41, 5.74) is 0.827. The average molecular weight is 456 g/mol. The van der Waals surface area contributed by atoms with Gasteiger partial charge in [0, 0.05) is 19.1 Å². The Bertz CT molecular complexity index is 1130. The molecule has 0 spiro atoms. The van der Waals surface area contributed by atoms with Crippen molar-refractivity contribution in [3.63, 3.8) is 0 Å². The molecule has 0 unspecified atom stereocenters. The van der Waals surface area contributed by atoms with Gasteiger partial charge in [0.2, 0.25) is 0 Å². The summed E-state index contributed by atoms with van der Waals surface area (Å²) in [5, 5.41) is 14.5. The van der Waals surface area contributed by atoms with Crippen molar-refractivity contribution in [3.8, 4) is 5.75 Å². The first kappa shape index (κ1) is 23.7. The summed E-state index contributed by atoms with van der Waals surface area (Å²) < 4.78 is 8.61. The van der Waals surface area contributed by atoms with Crippen LogP contribution >= 0.6 is 0 Å². The van der Waals surface area contributed by atoms with E-state index in [0.717, 1.165) is 35.4 Å². The number of hydrogen-bond donors (Lipinski definition) is 0. The van der Waals surface area contributed by atoms with Crippen LogP contribution in [0.15, 0.2) is 97.2 Å². The van der Waals surface area contributed by atoms with Gasteiger partial charge >= 0.3 is 0 Å². The van der Waals surface area contributed by atoms with Crippen LogP contribution in [-0.4, -0.2) is 41.3 Å². The number of rotatable bonds is 10. The van der Waals surface area contributed by atoms with Crippen molar-refractivity contribution in [3.05, 3.63) is 120 Å². The van der Waals surface area contributed by atoms with Gasteiger partial charge in [-0.05, 0) is 23.3 Å². The molecular formula is C29H33N3O2. The topological polar surface area (TPSA) is 50.1 Å². The highest BCUT2D eigenvalue weighted by Crippen LogP contribution is 2.33. The normalized spacial score (nSPS) is 12.0. The molecule has 1 aromatic heterocycles. The molecule has 0 fully saturated rings. The Hall–Kier alpha value is -3.41. The minimum atomic E-state index is -1.59. The molecule has 5 heteroatoms. The Labute approximate surface area is 202 Å². The van der Waals surface area contributed by atoms with Gasteiger partial charge in [0.15, 0.2) is 0 Å². The van der Waals surface area contributed by atoms with E-state index >= 15 is 0 Å². The molecule has 0 atom stereocenters. The van der Waals surface area contributed by atoms with Gasteiger partial charge in [-0.15, -0.1) is 0 Å². The highest BCUT2D eigenvalue weighted by atomic mass is 16.5. The Morgan fingerprint density at radius 3 is 1.94 bits per heavy atom. The van der Waals surface area contributed by atoms with E-state index in [1.54, 1.807) is 0 Å². The van der Waals surface area contributed by atoms with E-state index in [9.17, 15) is 5.11 Å². The maximum atomic E-state index is 14.5. The van der Waals surface area contributed by atoms with Gasteiger partial charge in [-0.3, -0.25) is 0 Å². The van der Waals surface area contributed by atoms with Crippen molar-refractivity contribution >= 4 is 0 Å². The fourth-order valence-corrected chi connectivity index (χ4v) is 4.41. The molecule has 34 heavy (non-hydrogen) atoms. The molecule has 0 radical (unpaired) electrons. The van der Waals surface area contributed by atoms with Crippen molar-refractivity contribution in [1.29, 1.82) is 0 Å². The first-order chi connectivity index (χ1) is 16.4. The zero-order chi connectivity index (χ0) is 24.0. The van der Waals surface area contributed by atoms with Crippen LogP contribution in [-0.2, 0) is 19.2 Å². The van der Waals surface area contributed by atoms with Gasteiger partial charge in [0.1, 0.15) is 18.1 Å². The highest BCUT2D eigenvalue weighted by Gasteiger charge is 2.30. The first-order valence-electron chi connectivity index (χ1n) is 11.7. The number of nitrogens with zero attached hydrogens (tertiary/aromatic N) is 3. The summed E-state index contributed by atoms with van der Waals surface area (Å²) in [6.07, 6.45) is 2.79. The van der Waals surface area contributed by atoms with E-state index in [-0.39, 0.29) is 0 Å². The second kappa shape index (κ2) is 10.2. The molecule has 5 nitrogen and oxygen atoms in total. The van der Waals surface area contributed by atoms with Crippen molar-refractivity contribution in [2.75, 3.05) is 27.2 Å². The number of ether oxygens (including phenoxy) is 1. The number of benzene rings is 3. The van der Waals surface area contributed by atoms with E-state index in [4.69, 9.17) is 4.74 Å². The van der Waals surface area contributed by atoms with Gasteiger partial charge in [-0.1, -0.05) is 78.9 Å². The molecule has 0 amide bonds. The number of aromatic nitrogens is 2. The van der Waals surface area contributed by atoms with Crippen molar-refractivity contribution in [2.24, 2.45) is 7.05 Å². The molecular weight excluding hydrogens is 422 g/mol. The fourth-order valence-electron chi connectivity index (χ4n) is 4.41. The van der Waals surface area contributed by atoms with Crippen molar-refractivity contribution in [2.45, 2.75) is 18.6 Å². The fraction of sp³-hybridized carbons (Fsp3) is 0.276. The largest absolute Gasteiger partial charge is 0.837 e. The van der Waals surface area contributed by atoms with Crippen LogP contribution in [0.25, 0.3) is 0 Å². The predicted octanol–water partition coefficient (Wildman–Crippen LogP) is 4.12. The molecule has 0 bridgehead atoms. The summed E-state index contributed by atoms with van der Waals surface area (Å²) in [6.45, 7) is 2.40. The second-order valence-electron chi connectivity index (χ2n) is 9.38. The highest BCUT2D eigenvalue weighted by molar-refractivity contribution is 5.42. The number of para-hydroxylation sites is 1. The molecule has 0 N–H and O–H groups in total. The summed E-state index contributed by atoms with van der Waals surface area (Å²) in [7, 11) is 6.36. The minimum absolute atomic E-state index is 0.507. The standard InChI is InChI=1S/C29H33N3O2/c1-31-26(23-32(2,3)20-13-21-34-27-18-11-6-12-19-27)22-30-28(31)29(33,24-14-7-4-8-15-24)25-16-9-5-10-17-25/h4-12,14-19,22H,13,20-21,23H2,1-3H3. The maximum Gasteiger partial charge on any atom is 0.121 e. The predicted molar refractivity (Wildman–Crippen MR) is 133 cm³/mol. The zero-order valence-electron chi connectivity index (χ0n) is 20.2. The van der Waals surface area contributed by atoms with Crippen molar-refractivity contribution < 1.29 is 14.3 Å². The Kier molecular flexibility index (Phi) is 7.15. The second-order valence-corrected chi connectivity index (χ2v) is 9.38. The molecule has 0 saturated carbocycles. The molecule has 0 saturated heterocycles. The molecule has 4 rings (SSSR count). The Morgan fingerprint density at radius 1 is 0.853 bits per heavy atom. The van der Waals surface area contributed by atoms with Gasteiger partial charge in [-0.2, -0.15) is 0 Å². The van der Waals surface area contributed by atoms with Gasteiger partial charge in [0.05, 0.1) is 39.1 Å². The van der Waals surface area contributed by atoms with Gasteiger partial charge in [0.25, 0.3) is 0 Å². The van der Waals surface area contributed by atoms with Crippen LogP contribution < -0.4 is 9.84 Å². The van der Waals surface area contributed by atoms with Gasteiger partial charge in [-0.25, -0.2) is 4.98 Å². The van der Waals surface area contributed by atoms with Gasteiger partial charge < -0.3 is 18.9 Å². The smallest absolute Gasteiger partial charge is 0.121 e. The van der Waals surface area contributed by atoms with E-state index in [0.29, 0.717) is 23.6 Å². The SMILES string of the molecule is Cn1c(C[N+](C)(C)CCCOc2ccccc2)cnc1C([O-])(c1ccccc1)c1ccccc1. The molecule has 0 aliphatic heterocycles. The minimum Gasteiger partial charge on any atom is -0.837 e. The lowest BCUT2D eigenvalue weighted by Gasteiger charge is -2.41. The van der Waals surface area contributed by atoms with Crippen LogP contribution in [0.4, 0.5) is 0 Å². The van der Waals surface area contributed by atoms with Crippen LogP contribution in [0.5, 0.6) is 5.75 Å². The third-order valence-corrected chi connectivity index (χ3v) is 6.27. The third kappa shape index (κ3) is 5.22. The Morgan fingerprint density at radius 2 is 1.38 bits per heavy atom. The van der Waals surface area contributed by atoms with E-state index < -0.39 is 5.60 Å². The number of quaternary nitrogens is 1. The average Bonchev–Trinajstić information content (AvgIpc) is 3.22. The molecule has 1 heterocycles. The van der Waals surface area contributed by atoms with E-state index in [1.165, 1.54) is 0 Å². The molecule has 4 aromatic rings. The summed E-state index contributed by atoms with van der Waals surface area (Å²) in [5.74, 6) is 1.41. The monoisotopic (exact) mass is 455 g/mol. The van der Waals surface area contributed by atoms with Crippen LogP contribution in [0.1, 0.15) is 29.1 Å². The van der Waals surface area contributed by atoms with Crippen molar-refractivity contribution in [1.82, 2.24) is 9.55 Å². The van der Waals surface area contributed by atoms with E-state index in [1.807, 2.05) is 109 Å². The summed E-state index contributed by atoms with van der Waals surface area (Å²) >= 11 is 0. The summed E-state index contributed by atoms with van der Waals surface area (Å²) in [6, 6.07) is 29.0. The quantitative estimate of drug-likeness (QED) is 0.267. The number of hydrogen-bond acceptors (Lipinski definition) is 3. The van der Waals surface area contributed by atoms with E-state index in [2.05, 4.69) is 19.1 Å². The van der Waals surface area contributed by atoms with Crippen LogP contribution in [0, 0.1) is 0 Å². The maximum absolute atomic E-state index is 14.5. The van der Waals surface area contributed by atoms with Crippen LogP contribution in [0.3, 0.4) is 0 Å². The Balaban J connectivity index is 1.51.